The number of nitrogens with zero attached hydrogens (tertiary/aromatic N) is 1. The van der Waals surface area contributed by atoms with Crippen molar-refractivity contribution in [1.82, 2.24) is 10.3 Å². The summed E-state index contributed by atoms with van der Waals surface area (Å²) in [6, 6.07) is 11.1. The van der Waals surface area contributed by atoms with E-state index in [1.54, 1.807) is 6.92 Å². The molecule has 1 aliphatic rings. The highest BCUT2D eigenvalue weighted by Gasteiger charge is 2.36. The Hall–Kier alpha value is -2.73. The third kappa shape index (κ3) is 4.01. The zero-order chi connectivity index (χ0) is 19.4. The van der Waals surface area contributed by atoms with Crippen LogP contribution in [0.15, 0.2) is 36.4 Å². The summed E-state index contributed by atoms with van der Waals surface area (Å²) in [5.74, 6) is -1.35. The van der Waals surface area contributed by atoms with E-state index >= 15 is 0 Å². The second-order valence-electron chi connectivity index (χ2n) is 7.02. The van der Waals surface area contributed by atoms with E-state index in [1.165, 1.54) is 23.3 Å². The standard InChI is InChI=1S/C21H24N2O4/c1-14-5-3-4-6-17(14)21(9-11-27-12-10-21)13-22-19(24)18-8-7-16(20(25)26)15(2)23-18/h3-8H,9-13H2,1-2H3,(H,22,24)(H,25,26). The van der Waals surface area contributed by atoms with Gasteiger partial charge in [-0.1, -0.05) is 24.3 Å². The fourth-order valence-electron chi connectivity index (χ4n) is 3.72. The van der Waals surface area contributed by atoms with Gasteiger partial charge in [0.2, 0.25) is 0 Å². The Labute approximate surface area is 158 Å². The van der Waals surface area contributed by atoms with Crippen molar-refractivity contribution in [3.63, 3.8) is 0 Å². The number of pyridine rings is 1. The molecule has 3 rings (SSSR count). The first kappa shape index (κ1) is 19.0. The van der Waals surface area contributed by atoms with E-state index in [0.29, 0.717) is 25.5 Å². The number of rotatable bonds is 5. The van der Waals surface area contributed by atoms with Crippen molar-refractivity contribution >= 4 is 11.9 Å². The molecular weight excluding hydrogens is 344 g/mol. The number of aromatic nitrogens is 1. The highest BCUT2D eigenvalue weighted by Crippen LogP contribution is 2.36. The van der Waals surface area contributed by atoms with Gasteiger partial charge in [0.05, 0.1) is 11.3 Å². The summed E-state index contributed by atoms with van der Waals surface area (Å²) < 4.78 is 5.55. The number of carbonyl (C=O) groups excluding carboxylic acids is 1. The SMILES string of the molecule is Cc1ccccc1C1(CNC(=O)c2ccc(C(=O)O)c(C)n2)CCOCC1. The minimum atomic E-state index is -1.05. The van der Waals surface area contributed by atoms with E-state index in [4.69, 9.17) is 9.84 Å². The van der Waals surface area contributed by atoms with E-state index in [1.807, 2.05) is 12.1 Å². The lowest BCUT2D eigenvalue weighted by molar-refractivity contribution is 0.0484. The molecule has 6 nitrogen and oxygen atoms in total. The van der Waals surface area contributed by atoms with Gasteiger partial charge in [0.15, 0.2) is 0 Å². The zero-order valence-corrected chi connectivity index (χ0v) is 15.6. The molecule has 1 aromatic heterocycles. The number of nitrogens with one attached hydrogen (secondary N) is 1. The summed E-state index contributed by atoms with van der Waals surface area (Å²) in [6.07, 6.45) is 1.67. The minimum Gasteiger partial charge on any atom is -0.478 e. The van der Waals surface area contributed by atoms with Gasteiger partial charge in [0, 0.05) is 25.2 Å². The first-order valence-corrected chi connectivity index (χ1v) is 9.06. The predicted molar refractivity (Wildman–Crippen MR) is 101 cm³/mol. The van der Waals surface area contributed by atoms with Crippen LogP contribution in [0.25, 0.3) is 0 Å². The Morgan fingerprint density at radius 1 is 1.15 bits per heavy atom. The van der Waals surface area contributed by atoms with Gasteiger partial charge < -0.3 is 15.2 Å². The molecule has 27 heavy (non-hydrogen) atoms. The Morgan fingerprint density at radius 3 is 2.48 bits per heavy atom. The van der Waals surface area contributed by atoms with Crippen molar-refractivity contribution < 1.29 is 19.4 Å². The second kappa shape index (κ2) is 7.88. The van der Waals surface area contributed by atoms with E-state index in [9.17, 15) is 9.59 Å². The van der Waals surface area contributed by atoms with Gasteiger partial charge >= 0.3 is 5.97 Å². The highest BCUT2D eigenvalue weighted by molar-refractivity contribution is 5.94. The molecule has 0 unspecified atom stereocenters. The number of aryl methyl sites for hydroxylation is 2. The van der Waals surface area contributed by atoms with Crippen LogP contribution in [0, 0.1) is 13.8 Å². The van der Waals surface area contributed by atoms with E-state index in [-0.39, 0.29) is 22.6 Å². The molecule has 6 heteroatoms. The smallest absolute Gasteiger partial charge is 0.337 e. The van der Waals surface area contributed by atoms with Crippen molar-refractivity contribution in [2.75, 3.05) is 19.8 Å². The van der Waals surface area contributed by atoms with Crippen molar-refractivity contribution in [3.8, 4) is 0 Å². The molecule has 1 aliphatic heterocycles. The quantitative estimate of drug-likeness (QED) is 0.847. The average molecular weight is 368 g/mol. The Balaban J connectivity index is 1.80. The molecule has 0 aliphatic carbocycles. The molecule has 0 atom stereocenters. The summed E-state index contributed by atoms with van der Waals surface area (Å²) >= 11 is 0. The number of carbonyl (C=O) groups is 2. The fourth-order valence-corrected chi connectivity index (χ4v) is 3.72. The zero-order valence-electron chi connectivity index (χ0n) is 15.6. The van der Waals surface area contributed by atoms with Crippen LogP contribution in [0.4, 0.5) is 0 Å². The number of carboxylic acid groups (broad SMARTS) is 1. The number of amides is 1. The van der Waals surface area contributed by atoms with E-state index in [2.05, 4.69) is 29.4 Å². The molecule has 1 aromatic carbocycles. The normalized spacial score (nSPS) is 15.9. The molecule has 2 heterocycles. The number of carboxylic acids is 1. The van der Waals surface area contributed by atoms with Crippen LogP contribution in [-0.2, 0) is 10.2 Å². The van der Waals surface area contributed by atoms with Crippen molar-refractivity contribution in [2.24, 2.45) is 0 Å². The average Bonchev–Trinajstić information content (AvgIpc) is 2.67. The summed E-state index contributed by atoms with van der Waals surface area (Å²) in [7, 11) is 0. The van der Waals surface area contributed by atoms with Gasteiger partial charge in [0.1, 0.15) is 5.69 Å². The number of hydrogen-bond acceptors (Lipinski definition) is 4. The maximum absolute atomic E-state index is 12.6. The van der Waals surface area contributed by atoms with Crippen molar-refractivity contribution in [3.05, 3.63) is 64.5 Å². The third-order valence-corrected chi connectivity index (χ3v) is 5.30. The number of hydrogen-bond donors (Lipinski definition) is 2. The lowest BCUT2D eigenvalue weighted by atomic mass is 9.72. The first-order valence-electron chi connectivity index (χ1n) is 9.06. The largest absolute Gasteiger partial charge is 0.478 e. The van der Waals surface area contributed by atoms with Gasteiger partial charge in [-0.15, -0.1) is 0 Å². The molecule has 0 spiro atoms. The summed E-state index contributed by atoms with van der Waals surface area (Å²) in [4.78, 5) is 27.9. The minimum absolute atomic E-state index is 0.104. The summed E-state index contributed by atoms with van der Waals surface area (Å²) in [5.41, 5.74) is 2.93. The Kier molecular flexibility index (Phi) is 5.56. The van der Waals surface area contributed by atoms with Crippen LogP contribution in [0.1, 0.15) is 50.5 Å². The molecule has 1 saturated heterocycles. The van der Waals surface area contributed by atoms with Crippen LogP contribution in [0.3, 0.4) is 0 Å². The van der Waals surface area contributed by atoms with Crippen LogP contribution < -0.4 is 5.32 Å². The molecule has 1 fully saturated rings. The highest BCUT2D eigenvalue weighted by atomic mass is 16.5. The van der Waals surface area contributed by atoms with Gasteiger partial charge in [-0.25, -0.2) is 9.78 Å². The maximum Gasteiger partial charge on any atom is 0.337 e. The first-order chi connectivity index (χ1) is 12.9. The van der Waals surface area contributed by atoms with Gasteiger partial charge in [-0.2, -0.15) is 0 Å². The van der Waals surface area contributed by atoms with Crippen LogP contribution in [-0.4, -0.2) is 41.7 Å². The van der Waals surface area contributed by atoms with E-state index in [0.717, 1.165) is 12.8 Å². The topological polar surface area (TPSA) is 88.5 Å². The van der Waals surface area contributed by atoms with Gasteiger partial charge in [0.25, 0.3) is 5.91 Å². The summed E-state index contributed by atoms with van der Waals surface area (Å²) in [6.45, 7) is 5.49. The Bertz CT molecular complexity index is 857. The van der Waals surface area contributed by atoms with Crippen LogP contribution in [0.2, 0.25) is 0 Å². The monoisotopic (exact) mass is 368 g/mol. The Morgan fingerprint density at radius 2 is 1.85 bits per heavy atom. The third-order valence-electron chi connectivity index (χ3n) is 5.30. The van der Waals surface area contributed by atoms with Gasteiger partial charge in [-0.05, 0) is 49.9 Å². The van der Waals surface area contributed by atoms with Crippen molar-refractivity contribution in [2.45, 2.75) is 32.1 Å². The maximum atomic E-state index is 12.6. The van der Waals surface area contributed by atoms with Crippen LogP contribution >= 0.6 is 0 Å². The number of aromatic carboxylic acids is 1. The predicted octanol–water partition coefficient (Wildman–Crippen LogP) is 2.87. The number of ether oxygens (including phenoxy) is 1. The molecule has 2 aromatic rings. The van der Waals surface area contributed by atoms with Crippen molar-refractivity contribution in [1.29, 1.82) is 0 Å². The number of benzene rings is 1. The fraction of sp³-hybridized carbons (Fsp3) is 0.381. The summed E-state index contributed by atoms with van der Waals surface area (Å²) in [5, 5.41) is 12.1. The molecule has 1 amide bonds. The molecule has 2 N–H and O–H groups in total. The van der Waals surface area contributed by atoms with Gasteiger partial charge in [-0.3, -0.25) is 4.79 Å². The lowest BCUT2D eigenvalue weighted by Crippen LogP contribution is -2.45. The van der Waals surface area contributed by atoms with Crippen LogP contribution in [0.5, 0.6) is 0 Å². The molecule has 0 saturated carbocycles. The molecular formula is C21H24N2O4. The molecule has 142 valence electrons. The molecule has 0 bridgehead atoms. The second-order valence-corrected chi connectivity index (χ2v) is 7.02. The lowest BCUT2D eigenvalue weighted by Gasteiger charge is -2.39. The van der Waals surface area contributed by atoms with E-state index < -0.39 is 5.97 Å². The molecule has 0 radical (unpaired) electrons.